The molecule has 1 aromatic heterocycles. The Balaban J connectivity index is 2.36. The van der Waals surface area contributed by atoms with Gasteiger partial charge in [0.1, 0.15) is 6.07 Å². The van der Waals surface area contributed by atoms with Crippen molar-refractivity contribution in [2.45, 2.75) is 6.42 Å². The minimum absolute atomic E-state index is 0.411. The van der Waals surface area contributed by atoms with Gasteiger partial charge >= 0.3 is 0 Å². The van der Waals surface area contributed by atoms with Crippen LogP contribution in [0.5, 0.6) is 0 Å². The van der Waals surface area contributed by atoms with Crippen molar-refractivity contribution in [1.82, 2.24) is 14.9 Å². The van der Waals surface area contributed by atoms with Gasteiger partial charge in [-0.3, -0.25) is 0 Å². The number of rotatable bonds is 1. The van der Waals surface area contributed by atoms with E-state index in [2.05, 4.69) is 14.9 Å². The molecule has 0 spiro atoms. The number of nitrogens with zero attached hydrogens (tertiary/aromatic N) is 3. The van der Waals surface area contributed by atoms with Gasteiger partial charge < -0.3 is 5.32 Å². The number of dihydropyridines is 1. The minimum Gasteiger partial charge on any atom is -0.368 e. The van der Waals surface area contributed by atoms with Crippen molar-refractivity contribution in [1.29, 1.82) is 5.26 Å². The highest BCUT2D eigenvalue weighted by atomic mass is 32.1. The molecule has 64 valence electrons. The van der Waals surface area contributed by atoms with E-state index in [0.717, 1.165) is 16.9 Å². The van der Waals surface area contributed by atoms with E-state index in [1.165, 1.54) is 11.5 Å². The summed E-state index contributed by atoms with van der Waals surface area (Å²) < 4.78 is 3.74. The second-order valence-corrected chi connectivity index (χ2v) is 3.26. The maximum Gasteiger partial charge on any atom is 0.183 e. The van der Waals surface area contributed by atoms with Crippen molar-refractivity contribution in [3.8, 4) is 6.07 Å². The molecule has 0 bridgehead atoms. The molecule has 0 saturated carbocycles. The largest absolute Gasteiger partial charge is 0.368 e. The maximum atomic E-state index is 8.73. The zero-order chi connectivity index (χ0) is 9.10. The summed E-state index contributed by atoms with van der Waals surface area (Å²) in [5.41, 5.74) is 1.47. The molecule has 2 heterocycles. The predicted octanol–water partition coefficient (Wildman–Crippen LogP) is 1.26. The molecule has 13 heavy (non-hydrogen) atoms. The Labute approximate surface area is 79.4 Å². The summed E-state index contributed by atoms with van der Waals surface area (Å²) in [4.78, 5) is 0.861. The second-order valence-electron chi connectivity index (χ2n) is 2.51. The first-order valence-corrected chi connectivity index (χ1v) is 4.52. The van der Waals surface area contributed by atoms with E-state index in [-0.39, 0.29) is 0 Å². The van der Waals surface area contributed by atoms with Crippen molar-refractivity contribution in [3.63, 3.8) is 0 Å². The van der Waals surface area contributed by atoms with Gasteiger partial charge in [-0.1, -0.05) is 10.6 Å². The average Bonchev–Trinajstić information content (AvgIpc) is 2.67. The molecule has 5 heteroatoms. The highest BCUT2D eigenvalue weighted by molar-refractivity contribution is 7.07. The summed E-state index contributed by atoms with van der Waals surface area (Å²) in [5.74, 6) is 0. The Morgan fingerprint density at radius 2 is 2.54 bits per heavy atom. The van der Waals surface area contributed by atoms with E-state index in [1.54, 1.807) is 0 Å². The van der Waals surface area contributed by atoms with E-state index in [0.29, 0.717) is 5.69 Å². The molecule has 0 atom stereocenters. The highest BCUT2D eigenvalue weighted by Crippen LogP contribution is 2.24. The Hall–Kier alpha value is -1.67. The van der Waals surface area contributed by atoms with Gasteiger partial charge in [0.25, 0.3) is 0 Å². The van der Waals surface area contributed by atoms with Gasteiger partial charge in [0, 0.05) is 6.20 Å². The van der Waals surface area contributed by atoms with Gasteiger partial charge in [-0.05, 0) is 29.7 Å². The Morgan fingerprint density at radius 1 is 1.62 bits per heavy atom. The number of nitriles is 1. The number of hydrogen-bond donors (Lipinski definition) is 1. The number of aromatic nitrogens is 2. The number of hydrogen-bond acceptors (Lipinski definition) is 5. The Kier molecular flexibility index (Phi) is 2.06. The van der Waals surface area contributed by atoms with E-state index in [9.17, 15) is 0 Å². The van der Waals surface area contributed by atoms with Crippen molar-refractivity contribution in [3.05, 3.63) is 29.0 Å². The third kappa shape index (κ3) is 1.44. The predicted molar refractivity (Wildman–Crippen MR) is 49.5 cm³/mol. The molecule has 1 N–H and O–H groups in total. The SMILES string of the molecule is N#Cc1nnsc1C1=CNC=CC1. The molecule has 4 nitrogen and oxygen atoms in total. The van der Waals surface area contributed by atoms with E-state index in [4.69, 9.17) is 5.26 Å². The summed E-state index contributed by atoms with van der Waals surface area (Å²) in [6.45, 7) is 0. The molecule has 2 rings (SSSR count). The van der Waals surface area contributed by atoms with Crippen LogP contribution >= 0.6 is 11.5 Å². The van der Waals surface area contributed by atoms with Crippen LogP contribution in [-0.2, 0) is 0 Å². The minimum atomic E-state index is 0.411. The summed E-state index contributed by atoms with van der Waals surface area (Å²) in [6.07, 6.45) is 6.56. The quantitative estimate of drug-likeness (QED) is 0.724. The molecule has 0 amide bonds. The lowest BCUT2D eigenvalue weighted by atomic mass is 10.1. The van der Waals surface area contributed by atoms with Gasteiger partial charge in [0.2, 0.25) is 0 Å². The molecule has 0 radical (unpaired) electrons. The fourth-order valence-corrected chi connectivity index (χ4v) is 1.73. The summed E-state index contributed by atoms with van der Waals surface area (Å²) in [6, 6.07) is 2.02. The summed E-state index contributed by atoms with van der Waals surface area (Å²) >= 11 is 1.25. The molecule has 0 aromatic carbocycles. The van der Waals surface area contributed by atoms with Gasteiger partial charge in [-0.15, -0.1) is 5.10 Å². The first-order valence-electron chi connectivity index (χ1n) is 3.75. The number of nitrogens with one attached hydrogen (secondary N) is 1. The van der Waals surface area contributed by atoms with Crippen molar-refractivity contribution in [2.24, 2.45) is 0 Å². The zero-order valence-electron chi connectivity index (χ0n) is 6.69. The fourth-order valence-electron chi connectivity index (χ4n) is 1.09. The standard InChI is InChI=1S/C8H6N4S/c9-4-7-8(13-12-11-7)6-2-1-3-10-5-6/h1,3,5,10H,2H2. The van der Waals surface area contributed by atoms with Crippen LogP contribution in [0.15, 0.2) is 18.5 Å². The van der Waals surface area contributed by atoms with Crippen LogP contribution in [0.25, 0.3) is 5.57 Å². The zero-order valence-corrected chi connectivity index (χ0v) is 7.51. The lowest BCUT2D eigenvalue weighted by Gasteiger charge is -2.05. The van der Waals surface area contributed by atoms with Crippen LogP contribution in [0, 0.1) is 11.3 Å². The van der Waals surface area contributed by atoms with Crippen molar-refractivity contribution >= 4 is 17.1 Å². The van der Waals surface area contributed by atoms with Crippen LogP contribution in [-0.4, -0.2) is 9.59 Å². The Morgan fingerprint density at radius 3 is 3.23 bits per heavy atom. The third-order valence-corrected chi connectivity index (χ3v) is 2.50. The molecule has 0 saturated heterocycles. The van der Waals surface area contributed by atoms with Crippen LogP contribution in [0.3, 0.4) is 0 Å². The van der Waals surface area contributed by atoms with Gasteiger partial charge in [0.15, 0.2) is 5.69 Å². The molecule has 0 aliphatic carbocycles. The molecular formula is C8H6N4S. The maximum absolute atomic E-state index is 8.73. The summed E-state index contributed by atoms with van der Waals surface area (Å²) in [7, 11) is 0. The van der Waals surface area contributed by atoms with E-state index in [1.807, 2.05) is 24.5 Å². The van der Waals surface area contributed by atoms with Crippen LogP contribution < -0.4 is 5.32 Å². The van der Waals surface area contributed by atoms with Crippen molar-refractivity contribution in [2.75, 3.05) is 0 Å². The van der Waals surface area contributed by atoms with Crippen LogP contribution in [0.1, 0.15) is 17.0 Å². The van der Waals surface area contributed by atoms with Gasteiger partial charge in [0.05, 0.1) is 4.88 Å². The molecule has 1 aliphatic rings. The molecule has 1 aliphatic heterocycles. The molecule has 0 unspecified atom stereocenters. The molecule has 0 fully saturated rings. The summed E-state index contributed by atoms with van der Waals surface area (Å²) in [5, 5.41) is 15.4. The smallest absolute Gasteiger partial charge is 0.183 e. The molecule has 1 aromatic rings. The van der Waals surface area contributed by atoms with E-state index >= 15 is 0 Å². The molecular weight excluding hydrogens is 184 g/mol. The van der Waals surface area contributed by atoms with Crippen LogP contribution in [0.2, 0.25) is 0 Å². The third-order valence-electron chi connectivity index (χ3n) is 1.69. The highest BCUT2D eigenvalue weighted by Gasteiger charge is 2.12. The fraction of sp³-hybridized carbons (Fsp3) is 0.125. The normalized spacial score (nSPS) is 14.5. The lowest BCUT2D eigenvalue weighted by molar-refractivity contribution is 1.11. The first kappa shape index (κ1) is 7.95. The topological polar surface area (TPSA) is 61.6 Å². The number of allylic oxidation sites excluding steroid dienone is 2. The van der Waals surface area contributed by atoms with Gasteiger partial charge in [-0.25, -0.2) is 0 Å². The average molecular weight is 190 g/mol. The lowest BCUT2D eigenvalue weighted by Crippen LogP contribution is -2.00. The van der Waals surface area contributed by atoms with Gasteiger partial charge in [-0.2, -0.15) is 5.26 Å². The van der Waals surface area contributed by atoms with E-state index < -0.39 is 0 Å². The second kappa shape index (κ2) is 3.37. The monoisotopic (exact) mass is 190 g/mol. The Bertz CT molecular complexity index is 410. The van der Waals surface area contributed by atoms with Crippen molar-refractivity contribution < 1.29 is 0 Å². The van der Waals surface area contributed by atoms with Crippen LogP contribution in [0.4, 0.5) is 0 Å². The first-order chi connectivity index (χ1) is 6.42.